The minimum Gasteiger partial charge on any atom is -0.0888 e. The third kappa shape index (κ3) is 0.816. The summed E-state index contributed by atoms with van der Waals surface area (Å²) in [6.45, 7) is 3.62. The second kappa shape index (κ2) is 1.96. The number of halogens is 2. The first kappa shape index (κ1) is 5.93. The lowest BCUT2D eigenvalue weighted by Gasteiger charge is -1.90. The Morgan fingerprint density at radius 2 is 1.50 bits per heavy atom. The van der Waals surface area contributed by atoms with Crippen LogP contribution in [0.5, 0.6) is 0 Å². The van der Waals surface area contributed by atoms with Crippen LogP contribution in [0.3, 0.4) is 0 Å². The van der Waals surface area contributed by atoms with Crippen LogP contribution in [-0.4, -0.2) is 0 Å². The normalized spacial score (nSPS) is 18.5. The minimum atomic E-state index is 0.634. The van der Waals surface area contributed by atoms with Gasteiger partial charge in [-0.25, -0.2) is 0 Å². The summed E-state index contributed by atoms with van der Waals surface area (Å²) in [6, 6.07) is 0. The molecule has 0 heterocycles. The van der Waals surface area contributed by atoms with E-state index >= 15 is 0 Å². The fourth-order valence-electron chi connectivity index (χ4n) is 0.462. The average Bonchev–Trinajstić information content (AvgIpc) is 1.98. The van der Waals surface area contributed by atoms with Crippen molar-refractivity contribution < 1.29 is 0 Å². The first-order chi connectivity index (χ1) is 3.72. The lowest BCUT2D eigenvalue weighted by atomic mass is 10.3. The molecule has 0 spiro atoms. The van der Waals surface area contributed by atoms with Gasteiger partial charge in [-0.15, -0.1) is 0 Å². The highest BCUT2D eigenvalue weighted by Gasteiger charge is 2.07. The maximum atomic E-state index is 5.58. The van der Waals surface area contributed by atoms with Crippen LogP contribution in [0.1, 0.15) is 0 Å². The van der Waals surface area contributed by atoms with Gasteiger partial charge in [0.1, 0.15) is 0 Å². The summed E-state index contributed by atoms with van der Waals surface area (Å²) >= 11 is 11.2. The Kier molecular flexibility index (Phi) is 1.45. The van der Waals surface area contributed by atoms with Crippen LogP contribution in [0.2, 0.25) is 0 Å². The zero-order chi connectivity index (χ0) is 6.15. The van der Waals surface area contributed by atoms with Gasteiger partial charge in [0.15, 0.2) is 0 Å². The first-order valence-corrected chi connectivity index (χ1v) is 2.90. The molecule has 0 saturated heterocycles. The predicted molar refractivity (Wildman–Crippen MR) is 37.0 cm³/mol. The van der Waals surface area contributed by atoms with Gasteiger partial charge in [0.05, 0.1) is 0 Å². The van der Waals surface area contributed by atoms with Crippen LogP contribution in [0.25, 0.3) is 0 Å². The molecule has 0 aromatic carbocycles. The smallest absolute Gasteiger partial charge is 0.0487 e. The highest BCUT2D eigenvalue weighted by Crippen LogP contribution is 2.29. The molecule has 0 radical (unpaired) electrons. The summed E-state index contributed by atoms with van der Waals surface area (Å²) in [5, 5.41) is 1.27. The van der Waals surface area contributed by atoms with Crippen molar-refractivity contribution >= 4 is 23.2 Å². The van der Waals surface area contributed by atoms with Crippen LogP contribution in [0, 0.1) is 0 Å². The third-order valence-electron chi connectivity index (χ3n) is 0.953. The van der Waals surface area contributed by atoms with Gasteiger partial charge in [-0.3, -0.25) is 0 Å². The van der Waals surface area contributed by atoms with Crippen molar-refractivity contribution in [2.45, 2.75) is 0 Å². The van der Waals surface area contributed by atoms with Crippen LogP contribution < -0.4 is 0 Å². The molecule has 0 fully saturated rings. The molecule has 0 unspecified atom stereocenters. The first-order valence-electron chi connectivity index (χ1n) is 2.14. The molecule has 1 aliphatic carbocycles. The molecule has 0 N–H and O–H groups in total. The SMILES string of the molecule is C=C1C(Cl)=CC=C1Cl. The van der Waals surface area contributed by atoms with Crippen molar-refractivity contribution in [3.05, 3.63) is 34.4 Å². The second-order valence-electron chi connectivity index (χ2n) is 1.51. The fourth-order valence-corrected chi connectivity index (χ4v) is 0.840. The number of rotatable bonds is 0. The monoisotopic (exact) mass is 146 g/mol. The zero-order valence-corrected chi connectivity index (χ0v) is 5.63. The van der Waals surface area contributed by atoms with Gasteiger partial charge in [-0.2, -0.15) is 0 Å². The topological polar surface area (TPSA) is 0 Å². The lowest BCUT2D eigenvalue weighted by Crippen LogP contribution is -1.70. The van der Waals surface area contributed by atoms with Gasteiger partial charge in [-0.05, 0) is 12.2 Å². The van der Waals surface area contributed by atoms with Gasteiger partial charge in [-0.1, -0.05) is 29.8 Å². The van der Waals surface area contributed by atoms with E-state index in [1.54, 1.807) is 12.2 Å². The lowest BCUT2D eigenvalue weighted by molar-refractivity contribution is 1.74. The van der Waals surface area contributed by atoms with Crippen LogP contribution in [0.4, 0.5) is 0 Å². The van der Waals surface area contributed by atoms with E-state index in [2.05, 4.69) is 6.58 Å². The average molecular weight is 147 g/mol. The minimum absolute atomic E-state index is 0.634. The molecule has 1 rings (SSSR count). The number of hydrogen-bond donors (Lipinski definition) is 0. The molecule has 0 amide bonds. The van der Waals surface area contributed by atoms with Crippen molar-refractivity contribution in [2.24, 2.45) is 0 Å². The van der Waals surface area contributed by atoms with Crippen LogP contribution in [0.15, 0.2) is 34.4 Å². The second-order valence-corrected chi connectivity index (χ2v) is 2.32. The molecule has 0 aromatic rings. The van der Waals surface area contributed by atoms with Crippen molar-refractivity contribution in [3.63, 3.8) is 0 Å². The fraction of sp³-hybridized carbons (Fsp3) is 0. The van der Waals surface area contributed by atoms with E-state index in [1.165, 1.54) is 0 Å². The molecule has 8 heavy (non-hydrogen) atoms. The van der Waals surface area contributed by atoms with E-state index in [0.717, 1.165) is 0 Å². The Morgan fingerprint density at radius 3 is 1.62 bits per heavy atom. The molecule has 0 aromatic heterocycles. The van der Waals surface area contributed by atoms with Gasteiger partial charge >= 0.3 is 0 Å². The Labute approximate surface area is 58.1 Å². The molecule has 42 valence electrons. The standard InChI is InChI=1S/C6H4Cl2/c1-4-5(7)2-3-6(4)8/h2-3H,1H2. The Morgan fingerprint density at radius 1 is 1.12 bits per heavy atom. The van der Waals surface area contributed by atoms with Crippen molar-refractivity contribution in [3.8, 4) is 0 Å². The van der Waals surface area contributed by atoms with Crippen molar-refractivity contribution in [1.29, 1.82) is 0 Å². The zero-order valence-electron chi connectivity index (χ0n) is 4.12. The Hall–Kier alpha value is -0.200. The summed E-state index contributed by atoms with van der Waals surface area (Å²) in [7, 11) is 0. The molecule has 0 saturated carbocycles. The van der Waals surface area contributed by atoms with E-state index in [1.807, 2.05) is 0 Å². The molecule has 0 nitrogen and oxygen atoms in total. The molecular weight excluding hydrogens is 143 g/mol. The molecule has 0 bridgehead atoms. The summed E-state index contributed by atoms with van der Waals surface area (Å²) in [4.78, 5) is 0. The van der Waals surface area contributed by atoms with Crippen LogP contribution >= 0.6 is 23.2 Å². The third-order valence-corrected chi connectivity index (χ3v) is 1.66. The maximum absolute atomic E-state index is 5.58. The van der Waals surface area contributed by atoms with E-state index in [9.17, 15) is 0 Å². The Balaban J connectivity index is 2.92. The predicted octanol–water partition coefficient (Wildman–Crippen LogP) is 2.80. The summed E-state index contributed by atoms with van der Waals surface area (Å²) in [5.41, 5.74) is 0.716. The molecular formula is C6H4Cl2. The largest absolute Gasteiger partial charge is 0.0888 e. The summed E-state index contributed by atoms with van der Waals surface area (Å²) < 4.78 is 0. The number of allylic oxidation sites excluding steroid dienone is 5. The molecule has 0 atom stereocenters. The van der Waals surface area contributed by atoms with Crippen molar-refractivity contribution in [2.75, 3.05) is 0 Å². The van der Waals surface area contributed by atoms with Crippen LogP contribution in [-0.2, 0) is 0 Å². The van der Waals surface area contributed by atoms with Gasteiger partial charge < -0.3 is 0 Å². The van der Waals surface area contributed by atoms with E-state index in [-0.39, 0.29) is 0 Å². The quantitative estimate of drug-likeness (QED) is 0.494. The molecule has 0 aliphatic heterocycles. The van der Waals surface area contributed by atoms with E-state index in [0.29, 0.717) is 15.6 Å². The molecule has 2 heteroatoms. The highest BCUT2D eigenvalue weighted by atomic mass is 35.5. The van der Waals surface area contributed by atoms with E-state index in [4.69, 9.17) is 23.2 Å². The summed E-state index contributed by atoms with van der Waals surface area (Å²) in [6.07, 6.45) is 3.46. The van der Waals surface area contributed by atoms with Gasteiger partial charge in [0.25, 0.3) is 0 Å². The van der Waals surface area contributed by atoms with Gasteiger partial charge in [0, 0.05) is 15.6 Å². The number of hydrogen-bond acceptors (Lipinski definition) is 0. The van der Waals surface area contributed by atoms with Gasteiger partial charge in [0.2, 0.25) is 0 Å². The Bertz CT molecular complexity index is 167. The van der Waals surface area contributed by atoms with E-state index < -0.39 is 0 Å². The maximum Gasteiger partial charge on any atom is 0.0487 e. The molecule has 1 aliphatic rings. The highest BCUT2D eigenvalue weighted by molar-refractivity contribution is 6.39. The van der Waals surface area contributed by atoms with Crippen molar-refractivity contribution in [1.82, 2.24) is 0 Å². The summed E-state index contributed by atoms with van der Waals surface area (Å²) in [5.74, 6) is 0.